The number of phenolic OH excluding ortho intramolecular Hbond substituents is 2. The fourth-order valence-electron chi connectivity index (χ4n) is 4.09. The van der Waals surface area contributed by atoms with Crippen LogP contribution in [0.4, 0.5) is 0 Å². The Balaban J connectivity index is 1.09. The Morgan fingerprint density at radius 1 is 0.524 bits per heavy atom. The summed E-state index contributed by atoms with van der Waals surface area (Å²) in [5, 5.41) is 18.9. The Labute approximate surface area is 245 Å². The van der Waals surface area contributed by atoms with E-state index in [4.69, 9.17) is 18.9 Å². The van der Waals surface area contributed by atoms with E-state index in [1.54, 1.807) is 86.6 Å². The van der Waals surface area contributed by atoms with Crippen molar-refractivity contribution in [1.82, 2.24) is 0 Å². The largest absolute Gasteiger partial charge is 0.508 e. The first-order chi connectivity index (χ1) is 20.3. The van der Waals surface area contributed by atoms with E-state index in [0.29, 0.717) is 24.3 Å². The second-order valence-electron chi connectivity index (χ2n) is 9.83. The molecule has 0 amide bonds. The van der Waals surface area contributed by atoms with Crippen LogP contribution in [0.15, 0.2) is 97.1 Å². The van der Waals surface area contributed by atoms with E-state index in [1.807, 2.05) is 24.3 Å². The molecule has 0 aliphatic rings. The molecule has 218 valence electrons. The molecule has 2 N–H and O–H groups in total. The van der Waals surface area contributed by atoms with Gasteiger partial charge >= 0.3 is 11.9 Å². The highest BCUT2D eigenvalue weighted by Gasteiger charge is 2.14. The molecular weight excluding hydrogens is 536 g/mol. The third-order valence-corrected chi connectivity index (χ3v) is 6.34. The lowest BCUT2D eigenvalue weighted by Crippen LogP contribution is -2.23. The smallest absolute Gasteiger partial charge is 0.338 e. The summed E-state index contributed by atoms with van der Waals surface area (Å²) in [5.41, 5.74) is 4.58. The van der Waals surface area contributed by atoms with Crippen molar-refractivity contribution in [3.8, 4) is 33.8 Å². The van der Waals surface area contributed by atoms with Gasteiger partial charge in [-0.25, -0.2) is 9.59 Å². The number of rotatable bonds is 13. The SMILES string of the molecule is CC(COCCOCC(C)OC(=O)c1ccc(-c2ccc(O)cc2)cc1)OC(=O)c1ccc(-c2ccc(O)cc2)cc1. The lowest BCUT2D eigenvalue weighted by Gasteiger charge is -2.15. The Bertz CT molecular complexity index is 1320. The predicted octanol–water partition coefficient (Wildman–Crippen LogP) is 6.26. The number of benzene rings is 4. The van der Waals surface area contributed by atoms with Crippen molar-refractivity contribution in [3.05, 3.63) is 108 Å². The van der Waals surface area contributed by atoms with Gasteiger partial charge < -0.3 is 29.2 Å². The maximum atomic E-state index is 12.5. The Morgan fingerprint density at radius 2 is 0.810 bits per heavy atom. The van der Waals surface area contributed by atoms with Crippen molar-refractivity contribution in [1.29, 1.82) is 0 Å². The normalized spacial score (nSPS) is 12.3. The standard InChI is InChI=1S/C34H34O8/c1-23(41-33(37)29-7-3-25(4-8-29)27-11-15-31(35)16-12-27)21-39-19-20-40-22-24(2)42-34(38)30-9-5-26(6-10-30)28-13-17-32(36)18-14-28/h3-18,23-24,35-36H,19-22H2,1-2H3. The second-order valence-corrected chi connectivity index (χ2v) is 9.83. The van der Waals surface area contributed by atoms with Crippen molar-refractivity contribution in [2.24, 2.45) is 0 Å². The molecule has 2 unspecified atom stereocenters. The van der Waals surface area contributed by atoms with Gasteiger partial charge in [0.05, 0.1) is 37.6 Å². The lowest BCUT2D eigenvalue weighted by atomic mass is 10.0. The first-order valence-electron chi connectivity index (χ1n) is 13.6. The average molecular weight is 571 g/mol. The van der Waals surface area contributed by atoms with Crippen LogP contribution >= 0.6 is 0 Å². The third-order valence-electron chi connectivity index (χ3n) is 6.34. The van der Waals surface area contributed by atoms with E-state index in [0.717, 1.165) is 22.3 Å². The molecule has 4 aromatic carbocycles. The van der Waals surface area contributed by atoms with Gasteiger partial charge in [0.15, 0.2) is 0 Å². The number of carbonyl (C=O) groups is 2. The van der Waals surface area contributed by atoms with E-state index in [1.165, 1.54) is 0 Å². The molecule has 42 heavy (non-hydrogen) atoms. The van der Waals surface area contributed by atoms with E-state index in [2.05, 4.69) is 0 Å². The summed E-state index contributed by atoms with van der Waals surface area (Å²) in [6.07, 6.45) is -0.899. The fraction of sp³-hybridized carbons (Fsp3) is 0.235. The summed E-state index contributed by atoms with van der Waals surface area (Å²) >= 11 is 0. The maximum absolute atomic E-state index is 12.5. The molecule has 0 spiro atoms. The molecule has 8 heteroatoms. The minimum atomic E-state index is -0.449. The number of ether oxygens (including phenoxy) is 4. The van der Waals surface area contributed by atoms with Crippen LogP contribution < -0.4 is 0 Å². The van der Waals surface area contributed by atoms with Crippen molar-refractivity contribution in [3.63, 3.8) is 0 Å². The van der Waals surface area contributed by atoms with Crippen LogP contribution in [0.5, 0.6) is 11.5 Å². The summed E-state index contributed by atoms with van der Waals surface area (Å²) in [4.78, 5) is 24.9. The minimum Gasteiger partial charge on any atom is -0.508 e. The first-order valence-corrected chi connectivity index (χ1v) is 13.6. The number of esters is 2. The van der Waals surface area contributed by atoms with E-state index < -0.39 is 24.1 Å². The molecule has 0 aliphatic heterocycles. The van der Waals surface area contributed by atoms with Gasteiger partial charge in [-0.2, -0.15) is 0 Å². The molecule has 0 fully saturated rings. The van der Waals surface area contributed by atoms with Crippen LogP contribution in [-0.2, 0) is 18.9 Å². The van der Waals surface area contributed by atoms with E-state index in [9.17, 15) is 19.8 Å². The predicted molar refractivity (Wildman–Crippen MR) is 158 cm³/mol. The molecule has 4 aromatic rings. The number of phenols is 2. The first kappa shape index (κ1) is 30.3. The molecule has 0 bridgehead atoms. The summed E-state index contributed by atoms with van der Waals surface area (Å²) in [6, 6.07) is 27.8. The van der Waals surface area contributed by atoms with Gasteiger partial charge in [-0.3, -0.25) is 0 Å². The number of hydrogen-bond acceptors (Lipinski definition) is 8. The van der Waals surface area contributed by atoms with Gasteiger partial charge in [0, 0.05) is 0 Å². The molecule has 8 nitrogen and oxygen atoms in total. The van der Waals surface area contributed by atoms with Gasteiger partial charge in [-0.15, -0.1) is 0 Å². The molecule has 0 saturated heterocycles. The van der Waals surface area contributed by atoms with Crippen LogP contribution in [-0.4, -0.2) is 60.8 Å². The van der Waals surface area contributed by atoms with Crippen molar-refractivity contribution in [2.75, 3.05) is 26.4 Å². The number of hydrogen-bond donors (Lipinski definition) is 2. The highest BCUT2D eigenvalue weighted by molar-refractivity contribution is 5.90. The monoisotopic (exact) mass is 570 g/mol. The second kappa shape index (κ2) is 14.8. The minimum absolute atomic E-state index is 0.198. The maximum Gasteiger partial charge on any atom is 0.338 e. The van der Waals surface area contributed by atoms with Crippen molar-refractivity contribution in [2.45, 2.75) is 26.1 Å². The molecule has 0 aliphatic carbocycles. The Hall–Kier alpha value is -4.66. The zero-order valence-electron chi connectivity index (χ0n) is 23.6. The Kier molecular flexibility index (Phi) is 10.7. The lowest BCUT2D eigenvalue weighted by molar-refractivity contribution is -0.0286. The van der Waals surface area contributed by atoms with Gasteiger partial charge in [0.2, 0.25) is 0 Å². The van der Waals surface area contributed by atoms with Crippen molar-refractivity contribution < 1.29 is 38.7 Å². The van der Waals surface area contributed by atoms with Crippen LogP contribution in [0.25, 0.3) is 22.3 Å². The Morgan fingerprint density at radius 3 is 1.12 bits per heavy atom. The zero-order valence-corrected chi connectivity index (χ0v) is 23.6. The summed E-state index contributed by atoms with van der Waals surface area (Å²) in [6.45, 7) is 4.52. The number of carbonyl (C=O) groups excluding carboxylic acids is 2. The molecule has 2 atom stereocenters. The van der Waals surface area contributed by atoms with E-state index in [-0.39, 0.29) is 24.7 Å². The molecular formula is C34H34O8. The zero-order chi connectivity index (χ0) is 29.9. The summed E-state index contributed by atoms with van der Waals surface area (Å²) in [7, 11) is 0. The molecule has 0 aromatic heterocycles. The van der Waals surface area contributed by atoms with Crippen molar-refractivity contribution >= 4 is 11.9 Å². The van der Waals surface area contributed by atoms with Crippen LogP contribution in [0, 0.1) is 0 Å². The van der Waals surface area contributed by atoms with E-state index >= 15 is 0 Å². The molecule has 0 saturated carbocycles. The van der Waals surface area contributed by atoms with Gasteiger partial charge in [0.1, 0.15) is 23.7 Å². The van der Waals surface area contributed by atoms with Gasteiger partial charge in [0.25, 0.3) is 0 Å². The van der Waals surface area contributed by atoms with Gasteiger partial charge in [-0.05, 0) is 84.6 Å². The molecule has 0 radical (unpaired) electrons. The average Bonchev–Trinajstić information content (AvgIpc) is 3.00. The number of aromatic hydroxyl groups is 2. The highest BCUT2D eigenvalue weighted by atomic mass is 16.6. The van der Waals surface area contributed by atoms with Crippen LogP contribution in [0.3, 0.4) is 0 Å². The fourth-order valence-corrected chi connectivity index (χ4v) is 4.09. The summed E-state index contributed by atoms with van der Waals surface area (Å²) < 4.78 is 22.0. The van der Waals surface area contributed by atoms with Crippen LogP contribution in [0.2, 0.25) is 0 Å². The molecule has 0 heterocycles. The topological polar surface area (TPSA) is 112 Å². The summed E-state index contributed by atoms with van der Waals surface area (Å²) in [5.74, 6) is -0.484. The van der Waals surface area contributed by atoms with Crippen LogP contribution in [0.1, 0.15) is 34.6 Å². The third kappa shape index (κ3) is 8.92. The highest BCUT2D eigenvalue weighted by Crippen LogP contribution is 2.24. The molecule has 4 rings (SSSR count). The van der Waals surface area contributed by atoms with Gasteiger partial charge in [-0.1, -0.05) is 48.5 Å². The quantitative estimate of drug-likeness (QED) is 0.143.